The Labute approximate surface area is 174 Å². The van der Waals surface area contributed by atoms with Crippen LogP contribution in [0.15, 0.2) is 47.4 Å². The monoisotopic (exact) mass is 441 g/mol. The van der Waals surface area contributed by atoms with Gasteiger partial charge in [-0.05, 0) is 61.6 Å². The Morgan fingerprint density at radius 1 is 1.28 bits per heavy atom. The summed E-state index contributed by atoms with van der Waals surface area (Å²) in [5.41, 5.74) is -2.55. The normalized spacial score (nSPS) is 21.8. The lowest BCUT2D eigenvalue weighted by Gasteiger charge is -2.30. The lowest BCUT2D eigenvalue weighted by atomic mass is 10.0. The minimum Gasteiger partial charge on any atom is -0.371 e. The van der Waals surface area contributed by atoms with E-state index in [0.717, 1.165) is 17.0 Å². The summed E-state index contributed by atoms with van der Waals surface area (Å²) >= 11 is 6.59. The summed E-state index contributed by atoms with van der Waals surface area (Å²) in [6.07, 6.45) is -5.97. The molecule has 2 atom stereocenters. The lowest BCUT2D eigenvalue weighted by Crippen LogP contribution is -2.49. The molecule has 1 aliphatic heterocycles. The van der Waals surface area contributed by atoms with Gasteiger partial charge in [-0.2, -0.15) is 18.4 Å². The number of aliphatic hydroxyl groups excluding tert-OH is 1. The molecule has 0 aliphatic carbocycles. The van der Waals surface area contributed by atoms with Gasteiger partial charge in [0.2, 0.25) is 0 Å². The Kier molecular flexibility index (Phi) is 5.76. The molecule has 0 amide bonds. The van der Waals surface area contributed by atoms with E-state index in [1.54, 1.807) is 19.1 Å². The molecule has 1 heterocycles. The Morgan fingerprint density at radius 2 is 1.93 bits per heavy atom. The Bertz CT molecular complexity index is 975. The summed E-state index contributed by atoms with van der Waals surface area (Å²) < 4.78 is 52.9. The van der Waals surface area contributed by atoms with Crippen molar-refractivity contribution in [3.63, 3.8) is 0 Å². The highest BCUT2D eigenvalue weighted by molar-refractivity contribution is 7.99. The largest absolute Gasteiger partial charge is 0.417 e. The fraction of sp³-hybridized carbons (Fsp3) is 0.263. The topological polar surface area (TPSA) is 59.3 Å². The second kappa shape index (κ2) is 7.82. The van der Waals surface area contributed by atoms with Gasteiger partial charge in [0, 0.05) is 16.3 Å². The summed E-state index contributed by atoms with van der Waals surface area (Å²) in [5.74, 6) is -0.0491. The number of benzene rings is 2. The van der Waals surface area contributed by atoms with Gasteiger partial charge in [-0.15, -0.1) is 11.8 Å². The van der Waals surface area contributed by atoms with E-state index in [4.69, 9.17) is 17.5 Å². The summed E-state index contributed by atoms with van der Waals surface area (Å²) in [5, 5.41) is 22.8. The van der Waals surface area contributed by atoms with Crippen molar-refractivity contribution in [3.05, 3.63) is 59.4 Å². The molecule has 0 radical (unpaired) electrons. The second-order valence-electron chi connectivity index (χ2n) is 6.67. The van der Waals surface area contributed by atoms with Crippen LogP contribution in [0.1, 0.15) is 18.1 Å². The van der Waals surface area contributed by atoms with Crippen LogP contribution in [0.25, 0.3) is 0 Å². The van der Waals surface area contributed by atoms with E-state index in [-0.39, 0.29) is 16.6 Å². The minimum absolute atomic E-state index is 0.0248. The first kappa shape index (κ1) is 21.4. The summed E-state index contributed by atoms with van der Waals surface area (Å²) in [6.45, 7) is 1.69. The molecule has 4 nitrogen and oxygen atoms in total. The number of aliphatic hydroxyl groups is 1. The molecule has 29 heavy (non-hydrogen) atoms. The molecule has 1 saturated heterocycles. The number of halogens is 4. The number of rotatable bonds is 4. The van der Waals surface area contributed by atoms with E-state index >= 15 is 0 Å². The zero-order valence-electron chi connectivity index (χ0n) is 15.0. The van der Waals surface area contributed by atoms with E-state index in [1.165, 1.54) is 40.9 Å². The first-order valence-electron chi connectivity index (χ1n) is 8.34. The fourth-order valence-corrected chi connectivity index (χ4v) is 4.37. The number of hydrogen-bond donors (Lipinski definition) is 2. The Hall–Kier alpha value is -2.35. The van der Waals surface area contributed by atoms with Crippen LogP contribution in [-0.2, 0) is 6.18 Å². The standard InChI is InChI=1S/C19H15F4N3OS2/c1-18(10-29-14-6-3-12(20)4-7-14)16(27)26(17(28)25-18)13-5-2-11(9-24)15(8-13)19(21,22)23/h2-8,16,27H,10H2,1H3,(H,25,28)/t16?,18-/m0/s1. The van der Waals surface area contributed by atoms with Crippen LogP contribution in [0.2, 0.25) is 0 Å². The van der Waals surface area contributed by atoms with Gasteiger partial charge >= 0.3 is 6.18 Å². The molecule has 0 saturated carbocycles. The summed E-state index contributed by atoms with van der Waals surface area (Å²) in [6, 6.07) is 10.5. The van der Waals surface area contributed by atoms with Crippen molar-refractivity contribution in [2.45, 2.75) is 29.8 Å². The highest BCUT2D eigenvalue weighted by atomic mass is 32.2. The molecule has 0 aromatic heterocycles. The van der Waals surface area contributed by atoms with Gasteiger partial charge in [-0.25, -0.2) is 4.39 Å². The van der Waals surface area contributed by atoms with Gasteiger partial charge in [0.25, 0.3) is 0 Å². The SMILES string of the molecule is C[C@@]1(CSc2ccc(F)cc2)NC(=S)N(c2ccc(C#N)c(C(F)(F)F)c2)C1O. The van der Waals surface area contributed by atoms with Crippen LogP contribution in [0.3, 0.4) is 0 Å². The van der Waals surface area contributed by atoms with E-state index in [0.29, 0.717) is 5.75 Å². The quantitative estimate of drug-likeness (QED) is 0.420. The molecule has 1 unspecified atom stereocenters. The molecule has 0 spiro atoms. The lowest BCUT2D eigenvalue weighted by molar-refractivity contribution is -0.137. The maximum Gasteiger partial charge on any atom is 0.417 e. The van der Waals surface area contributed by atoms with Crippen LogP contribution in [0, 0.1) is 17.1 Å². The van der Waals surface area contributed by atoms with Crippen molar-refractivity contribution in [2.75, 3.05) is 10.7 Å². The summed E-state index contributed by atoms with van der Waals surface area (Å²) in [7, 11) is 0. The number of nitriles is 1. The van der Waals surface area contributed by atoms with Crippen molar-refractivity contribution in [2.24, 2.45) is 0 Å². The van der Waals surface area contributed by atoms with Gasteiger partial charge in [-0.3, -0.25) is 4.90 Å². The van der Waals surface area contributed by atoms with Crippen molar-refractivity contribution in [1.82, 2.24) is 5.32 Å². The van der Waals surface area contributed by atoms with Gasteiger partial charge in [0.15, 0.2) is 11.3 Å². The van der Waals surface area contributed by atoms with Gasteiger partial charge in [-0.1, -0.05) is 0 Å². The van der Waals surface area contributed by atoms with Crippen LogP contribution >= 0.6 is 24.0 Å². The van der Waals surface area contributed by atoms with Crippen molar-refractivity contribution in [3.8, 4) is 6.07 Å². The van der Waals surface area contributed by atoms with Crippen LogP contribution < -0.4 is 10.2 Å². The van der Waals surface area contributed by atoms with Crippen molar-refractivity contribution < 1.29 is 22.7 Å². The molecule has 3 rings (SSSR count). The van der Waals surface area contributed by atoms with Gasteiger partial charge < -0.3 is 10.4 Å². The first-order valence-corrected chi connectivity index (χ1v) is 9.74. The number of anilines is 1. The van der Waals surface area contributed by atoms with E-state index in [1.807, 2.05) is 0 Å². The predicted octanol–water partition coefficient (Wildman–Crippen LogP) is 4.28. The number of nitrogens with zero attached hydrogens (tertiary/aromatic N) is 2. The van der Waals surface area contributed by atoms with Crippen molar-refractivity contribution >= 4 is 34.8 Å². The number of alkyl halides is 3. The smallest absolute Gasteiger partial charge is 0.371 e. The molecule has 2 N–H and O–H groups in total. The van der Waals surface area contributed by atoms with E-state index in [2.05, 4.69) is 5.32 Å². The van der Waals surface area contributed by atoms with Gasteiger partial charge in [0.1, 0.15) is 5.82 Å². The predicted molar refractivity (Wildman–Crippen MR) is 106 cm³/mol. The maximum absolute atomic E-state index is 13.3. The number of thioether (sulfide) groups is 1. The molecule has 1 fully saturated rings. The highest BCUT2D eigenvalue weighted by Crippen LogP contribution is 2.37. The maximum atomic E-state index is 13.3. The second-order valence-corrected chi connectivity index (χ2v) is 8.11. The molecular formula is C19H15F4N3OS2. The van der Waals surface area contributed by atoms with Crippen molar-refractivity contribution in [1.29, 1.82) is 5.26 Å². The molecule has 10 heteroatoms. The molecule has 152 valence electrons. The van der Waals surface area contributed by atoms with Crippen LogP contribution in [0.4, 0.5) is 23.2 Å². The van der Waals surface area contributed by atoms with E-state index in [9.17, 15) is 22.7 Å². The Balaban J connectivity index is 1.85. The molecule has 1 aliphatic rings. The first-order chi connectivity index (χ1) is 13.5. The van der Waals surface area contributed by atoms with Crippen LogP contribution in [-0.4, -0.2) is 27.7 Å². The third-order valence-electron chi connectivity index (χ3n) is 4.49. The molecule has 2 aromatic carbocycles. The third kappa shape index (κ3) is 4.32. The average molecular weight is 441 g/mol. The molecular weight excluding hydrogens is 426 g/mol. The number of nitrogens with one attached hydrogen (secondary N) is 1. The Morgan fingerprint density at radius 3 is 2.52 bits per heavy atom. The molecule has 0 bridgehead atoms. The van der Waals surface area contributed by atoms with E-state index < -0.39 is 29.1 Å². The zero-order valence-corrected chi connectivity index (χ0v) is 16.6. The van der Waals surface area contributed by atoms with Gasteiger partial charge in [0.05, 0.1) is 22.7 Å². The third-order valence-corrected chi connectivity index (χ3v) is 6.13. The highest BCUT2D eigenvalue weighted by Gasteiger charge is 2.46. The minimum atomic E-state index is -4.72. The zero-order chi connectivity index (χ0) is 21.4. The average Bonchev–Trinajstić information content (AvgIpc) is 2.89. The summed E-state index contributed by atoms with van der Waals surface area (Å²) in [4.78, 5) is 1.96. The number of thiocarbonyl (C=S) groups is 1. The fourth-order valence-electron chi connectivity index (χ4n) is 2.91. The molecule has 2 aromatic rings. The van der Waals surface area contributed by atoms with Crippen LogP contribution in [0.5, 0.6) is 0 Å². The number of hydrogen-bond acceptors (Lipinski definition) is 4.